The summed E-state index contributed by atoms with van der Waals surface area (Å²) < 4.78 is 21.0. The SMILES string of the molecule is COC(=O)[C@@H](NC(=O)OC(C)(C)C)C(C)OP1(=S)OCCS1. The van der Waals surface area contributed by atoms with Gasteiger partial charge in [0.2, 0.25) is 5.69 Å². The summed E-state index contributed by atoms with van der Waals surface area (Å²) in [6, 6.07) is -1.02. The van der Waals surface area contributed by atoms with Gasteiger partial charge in [0.25, 0.3) is 0 Å². The van der Waals surface area contributed by atoms with Crippen LogP contribution in [0.15, 0.2) is 0 Å². The number of hydrogen-bond acceptors (Lipinski definition) is 8. The molecule has 0 aliphatic carbocycles. The zero-order chi connectivity index (χ0) is 17.0. The van der Waals surface area contributed by atoms with Crippen LogP contribution in [0.3, 0.4) is 0 Å². The highest BCUT2D eigenvalue weighted by Gasteiger charge is 2.36. The van der Waals surface area contributed by atoms with E-state index in [1.54, 1.807) is 27.7 Å². The molecule has 3 atom stereocenters. The summed E-state index contributed by atoms with van der Waals surface area (Å²) in [4.78, 5) is 23.8. The molecular formula is C12H22NO6PS2. The third-order valence-corrected chi connectivity index (χ3v) is 7.82. The molecule has 0 aromatic carbocycles. The normalized spacial score (nSPS) is 24.4. The van der Waals surface area contributed by atoms with E-state index in [-0.39, 0.29) is 0 Å². The maximum atomic E-state index is 11.9. The van der Waals surface area contributed by atoms with E-state index in [4.69, 9.17) is 30.3 Å². The number of carbonyl (C=O) groups is 2. The molecule has 1 aliphatic heterocycles. The molecule has 1 rings (SSSR count). The fourth-order valence-corrected chi connectivity index (χ4v) is 6.37. The molecule has 0 saturated carbocycles. The number of amides is 1. The zero-order valence-electron chi connectivity index (χ0n) is 13.3. The van der Waals surface area contributed by atoms with Crippen LogP contribution >= 0.6 is 17.1 Å². The first kappa shape index (κ1) is 19.7. The number of hydrogen-bond donors (Lipinski definition) is 1. The summed E-state index contributed by atoms with van der Waals surface area (Å²) in [7, 11) is 1.23. The second-order valence-electron chi connectivity index (χ2n) is 5.57. The van der Waals surface area contributed by atoms with E-state index in [0.29, 0.717) is 6.61 Å². The van der Waals surface area contributed by atoms with Crippen LogP contribution in [-0.2, 0) is 35.1 Å². The minimum atomic E-state index is -2.46. The number of ether oxygens (including phenoxy) is 2. The first-order chi connectivity index (χ1) is 10.1. The van der Waals surface area contributed by atoms with Crippen molar-refractivity contribution in [3.05, 3.63) is 0 Å². The Morgan fingerprint density at radius 2 is 2.05 bits per heavy atom. The first-order valence-corrected chi connectivity index (χ1v) is 10.9. The van der Waals surface area contributed by atoms with Gasteiger partial charge in [-0.05, 0) is 39.5 Å². The summed E-state index contributed by atoms with van der Waals surface area (Å²) in [5, 5.41) is 2.46. The molecule has 1 aliphatic rings. The minimum absolute atomic E-state index is 0.525. The smallest absolute Gasteiger partial charge is 0.408 e. The minimum Gasteiger partial charge on any atom is -0.467 e. The summed E-state index contributed by atoms with van der Waals surface area (Å²) in [5.41, 5.74) is -3.14. The monoisotopic (exact) mass is 371 g/mol. The summed E-state index contributed by atoms with van der Waals surface area (Å²) in [6.07, 6.45) is -1.42. The Bertz CT molecular complexity index is 457. The van der Waals surface area contributed by atoms with Gasteiger partial charge in [0.05, 0.1) is 19.8 Å². The van der Waals surface area contributed by atoms with E-state index in [1.165, 1.54) is 18.5 Å². The van der Waals surface area contributed by atoms with Gasteiger partial charge in [0.15, 0.2) is 6.04 Å². The van der Waals surface area contributed by atoms with Gasteiger partial charge < -0.3 is 23.8 Å². The number of nitrogens with one attached hydrogen (secondary N) is 1. The fraction of sp³-hybridized carbons (Fsp3) is 0.833. The molecule has 1 fully saturated rings. The fourth-order valence-electron chi connectivity index (χ4n) is 1.59. The highest BCUT2D eigenvalue weighted by Crippen LogP contribution is 2.65. The predicted octanol–water partition coefficient (Wildman–Crippen LogP) is 2.45. The third kappa shape index (κ3) is 6.42. The van der Waals surface area contributed by atoms with E-state index in [9.17, 15) is 9.59 Å². The Morgan fingerprint density at radius 3 is 2.50 bits per heavy atom. The number of esters is 1. The van der Waals surface area contributed by atoms with Gasteiger partial charge in [-0.1, -0.05) is 11.4 Å². The van der Waals surface area contributed by atoms with Crippen molar-refractivity contribution in [1.82, 2.24) is 5.32 Å². The lowest BCUT2D eigenvalue weighted by Crippen LogP contribution is -2.50. The molecule has 1 amide bonds. The van der Waals surface area contributed by atoms with Crippen molar-refractivity contribution in [3.8, 4) is 0 Å². The van der Waals surface area contributed by atoms with E-state index in [0.717, 1.165) is 5.75 Å². The van der Waals surface area contributed by atoms with Crippen LogP contribution in [0.4, 0.5) is 4.79 Å². The molecular weight excluding hydrogens is 349 g/mol. The molecule has 128 valence electrons. The number of alkyl carbamates (subject to hydrolysis) is 1. The van der Waals surface area contributed by atoms with Gasteiger partial charge in [-0.15, -0.1) is 0 Å². The van der Waals surface area contributed by atoms with Crippen LogP contribution < -0.4 is 5.32 Å². The Labute approximate surface area is 139 Å². The van der Waals surface area contributed by atoms with Crippen molar-refractivity contribution in [2.45, 2.75) is 45.4 Å². The highest BCUT2D eigenvalue weighted by molar-refractivity contribution is 8.68. The van der Waals surface area contributed by atoms with Crippen molar-refractivity contribution >= 4 is 40.9 Å². The first-order valence-electron chi connectivity index (χ1n) is 6.71. The van der Waals surface area contributed by atoms with Gasteiger partial charge >= 0.3 is 12.1 Å². The molecule has 0 radical (unpaired) electrons. The predicted molar refractivity (Wildman–Crippen MR) is 88.4 cm³/mol. The Morgan fingerprint density at radius 1 is 1.41 bits per heavy atom. The number of rotatable bonds is 5. The van der Waals surface area contributed by atoms with Crippen molar-refractivity contribution in [2.24, 2.45) is 0 Å². The van der Waals surface area contributed by atoms with E-state index in [2.05, 4.69) is 5.32 Å². The van der Waals surface area contributed by atoms with E-state index in [1.807, 2.05) is 0 Å². The van der Waals surface area contributed by atoms with Crippen LogP contribution in [0.25, 0.3) is 0 Å². The van der Waals surface area contributed by atoms with Crippen molar-refractivity contribution < 1.29 is 28.1 Å². The summed E-state index contributed by atoms with van der Waals surface area (Å²) in [6.45, 7) is 7.34. The Hall–Kier alpha value is -0.340. The molecule has 1 N–H and O–H groups in total. The zero-order valence-corrected chi connectivity index (χ0v) is 15.8. The van der Waals surface area contributed by atoms with E-state index < -0.39 is 35.5 Å². The maximum absolute atomic E-state index is 11.9. The number of carbonyl (C=O) groups excluding carboxylic acids is 2. The van der Waals surface area contributed by atoms with Gasteiger partial charge in [0, 0.05) is 5.75 Å². The summed E-state index contributed by atoms with van der Waals surface area (Å²) in [5.74, 6) is 0.121. The number of methoxy groups -OCH3 is 1. The Kier molecular flexibility index (Phi) is 7.14. The van der Waals surface area contributed by atoms with Gasteiger partial charge in [0.1, 0.15) is 5.60 Å². The molecule has 0 aromatic heterocycles. The molecule has 2 unspecified atom stereocenters. The lowest BCUT2D eigenvalue weighted by Gasteiger charge is -2.27. The molecule has 1 heterocycles. The van der Waals surface area contributed by atoms with Crippen LogP contribution in [0.1, 0.15) is 27.7 Å². The molecule has 10 heteroatoms. The topological polar surface area (TPSA) is 83.1 Å². The maximum Gasteiger partial charge on any atom is 0.408 e. The average Bonchev–Trinajstić information content (AvgIpc) is 2.79. The van der Waals surface area contributed by atoms with Crippen molar-refractivity contribution in [2.75, 3.05) is 19.5 Å². The van der Waals surface area contributed by atoms with Crippen LogP contribution in [-0.4, -0.2) is 49.3 Å². The standard InChI is InChI=1S/C12H22NO6PS2/c1-8(19-20(21)17-6-7-22-20)9(10(14)16-5)13-11(15)18-12(2,3)4/h8-9H,6-7H2,1-5H3,(H,13,15)/t8?,9-,20?/m0/s1. The third-order valence-electron chi connectivity index (χ3n) is 2.47. The average molecular weight is 371 g/mol. The molecule has 22 heavy (non-hydrogen) atoms. The van der Waals surface area contributed by atoms with Gasteiger partial charge in [-0.3, -0.25) is 0 Å². The quantitative estimate of drug-likeness (QED) is 0.583. The van der Waals surface area contributed by atoms with Gasteiger partial charge in [-0.2, -0.15) is 0 Å². The lowest BCUT2D eigenvalue weighted by atomic mass is 10.2. The summed E-state index contributed by atoms with van der Waals surface area (Å²) >= 11 is 6.74. The van der Waals surface area contributed by atoms with Crippen LogP contribution in [0, 0.1) is 0 Å². The largest absolute Gasteiger partial charge is 0.467 e. The molecule has 1 saturated heterocycles. The lowest BCUT2D eigenvalue weighted by molar-refractivity contribution is -0.145. The second-order valence-corrected chi connectivity index (χ2v) is 12.0. The Balaban J connectivity index is 2.73. The molecule has 0 aromatic rings. The van der Waals surface area contributed by atoms with Crippen LogP contribution in [0.2, 0.25) is 0 Å². The van der Waals surface area contributed by atoms with E-state index >= 15 is 0 Å². The van der Waals surface area contributed by atoms with Crippen LogP contribution in [0.5, 0.6) is 0 Å². The van der Waals surface area contributed by atoms with Crippen molar-refractivity contribution in [3.63, 3.8) is 0 Å². The van der Waals surface area contributed by atoms with Crippen molar-refractivity contribution in [1.29, 1.82) is 0 Å². The highest BCUT2D eigenvalue weighted by atomic mass is 32.9. The second kappa shape index (κ2) is 7.97. The molecule has 0 spiro atoms. The molecule has 7 nitrogen and oxygen atoms in total. The molecule has 0 bridgehead atoms. The van der Waals surface area contributed by atoms with Gasteiger partial charge in [-0.25, -0.2) is 9.59 Å².